The van der Waals surface area contributed by atoms with E-state index in [-0.39, 0.29) is 17.9 Å². The Balaban J connectivity index is 1.61. The summed E-state index contributed by atoms with van der Waals surface area (Å²) < 4.78 is 1.73. The van der Waals surface area contributed by atoms with Crippen LogP contribution in [0.5, 0.6) is 0 Å². The van der Waals surface area contributed by atoms with E-state index >= 15 is 0 Å². The van der Waals surface area contributed by atoms with E-state index in [1.807, 2.05) is 49.3 Å². The number of aromatic nitrogens is 2. The van der Waals surface area contributed by atoms with E-state index in [0.717, 1.165) is 23.4 Å². The molecule has 1 aromatic carbocycles. The van der Waals surface area contributed by atoms with Crippen LogP contribution < -0.4 is 10.2 Å². The summed E-state index contributed by atoms with van der Waals surface area (Å²) in [5.74, 6) is 0.0966. The third-order valence-corrected chi connectivity index (χ3v) is 4.29. The first kappa shape index (κ1) is 16.2. The molecule has 126 valence electrons. The predicted molar refractivity (Wildman–Crippen MR) is 92.8 cm³/mol. The van der Waals surface area contributed by atoms with Crippen LogP contribution in [0.3, 0.4) is 0 Å². The number of carbonyl (C=O) groups excluding carboxylic acids is 2. The van der Waals surface area contributed by atoms with Gasteiger partial charge in [-0.15, -0.1) is 0 Å². The first-order chi connectivity index (χ1) is 11.5. The quantitative estimate of drug-likeness (QED) is 0.918. The second-order valence-corrected chi connectivity index (χ2v) is 6.27. The van der Waals surface area contributed by atoms with Crippen LogP contribution >= 0.6 is 0 Å². The van der Waals surface area contributed by atoms with Crippen LogP contribution in [0.1, 0.15) is 31.7 Å². The van der Waals surface area contributed by atoms with E-state index in [9.17, 15) is 9.59 Å². The second kappa shape index (κ2) is 6.86. The van der Waals surface area contributed by atoms with Gasteiger partial charge in [0.05, 0.1) is 6.20 Å². The lowest BCUT2D eigenvalue weighted by atomic mass is 10.2. The molecule has 1 N–H and O–H groups in total. The van der Waals surface area contributed by atoms with Crippen molar-refractivity contribution in [2.75, 3.05) is 10.2 Å². The number of nitrogens with zero attached hydrogens (tertiary/aromatic N) is 3. The molecule has 3 rings (SSSR count). The number of hydrogen-bond acceptors (Lipinski definition) is 3. The smallest absolute Gasteiger partial charge is 0.227 e. The molecule has 0 saturated carbocycles. The number of hydrogen-bond donors (Lipinski definition) is 1. The topological polar surface area (TPSA) is 67.2 Å². The molecule has 24 heavy (non-hydrogen) atoms. The fourth-order valence-corrected chi connectivity index (χ4v) is 3.04. The van der Waals surface area contributed by atoms with Crippen molar-refractivity contribution in [3.63, 3.8) is 0 Å². The number of carbonyl (C=O) groups is 2. The molecule has 0 radical (unpaired) electrons. The van der Waals surface area contributed by atoms with Crippen molar-refractivity contribution in [1.82, 2.24) is 9.78 Å². The molecule has 0 bridgehead atoms. The molecule has 0 spiro atoms. The predicted octanol–water partition coefficient (Wildman–Crippen LogP) is 2.51. The van der Waals surface area contributed by atoms with Crippen LogP contribution in [0.15, 0.2) is 36.7 Å². The summed E-state index contributed by atoms with van der Waals surface area (Å²) in [7, 11) is 1.86. The van der Waals surface area contributed by atoms with Crippen LogP contribution in [-0.2, 0) is 23.1 Å². The third-order valence-electron chi connectivity index (χ3n) is 4.29. The minimum absolute atomic E-state index is 0.0446. The first-order valence-electron chi connectivity index (χ1n) is 8.22. The summed E-state index contributed by atoms with van der Waals surface area (Å²) in [5.41, 5.74) is 2.60. The standard InChI is InChI=1S/C18H22N4O2/c1-13-6-9-18(24)22(13)16-5-3-4-15(10-16)20-17(23)8-7-14-11-19-21(2)12-14/h3-5,10-13H,6-9H2,1-2H3,(H,20,23). The molecule has 1 atom stereocenters. The molecule has 1 aromatic heterocycles. The number of aryl methyl sites for hydroxylation is 2. The van der Waals surface area contributed by atoms with Crippen molar-refractivity contribution in [3.8, 4) is 0 Å². The molecule has 6 nitrogen and oxygen atoms in total. The average molecular weight is 326 g/mol. The molecule has 0 aliphatic carbocycles. The van der Waals surface area contributed by atoms with Gasteiger partial charge in [-0.3, -0.25) is 14.3 Å². The highest BCUT2D eigenvalue weighted by molar-refractivity contribution is 5.97. The Morgan fingerprint density at radius 3 is 2.92 bits per heavy atom. The van der Waals surface area contributed by atoms with Gasteiger partial charge in [-0.05, 0) is 43.5 Å². The van der Waals surface area contributed by atoms with Crippen LogP contribution in [0.25, 0.3) is 0 Å². The Morgan fingerprint density at radius 1 is 1.42 bits per heavy atom. The third kappa shape index (κ3) is 3.64. The van der Waals surface area contributed by atoms with Gasteiger partial charge in [0.2, 0.25) is 11.8 Å². The zero-order valence-corrected chi connectivity index (χ0v) is 14.0. The van der Waals surface area contributed by atoms with Crippen molar-refractivity contribution in [2.45, 2.75) is 38.6 Å². The van der Waals surface area contributed by atoms with Crippen LogP contribution in [0, 0.1) is 0 Å². The maximum absolute atomic E-state index is 12.1. The summed E-state index contributed by atoms with van der Waals surface area (Å²) >= 11 is 0. The Hall–Kier alpha value is -2.63. The van der Waals surface area contributed by atoms with Crippen molar-refractivity contribution >= 4 is 23.2 Å². The van der Waals surface area contributed by atoms with E-state index in [1.165, 1.54) is 0 Å². The Labute approximate surface area is 141 Å². The maximum Gasteiger partial charge on any atom is 0.227 e. The van der Waals surface area contributed by atoms with Crippen molar-refractivity contribution < 1.29 is 9.59 Å². The Morgan fingerprint density at radius 2 is 2.25 bits per heavy atom. The highest BCUT2D eigenvalue weighted by Crippen LogP contribution is 2.28. The van der Waals surface area contributed by atoms with Crippen molar-refractivity contribution in [2.24, 2.45) is 7.05 Å². The zero-order valence-electron chi connectivity index (χ0n) is 14.0. The fourth-order valence-electron chi connectivity index (χ4n) is 3.04. The van der Waals surface area contributed by atoms with Gasteiger partial charge >= 0.3 is 0 Å². The minimum Gasteiger partial charge on any atom is -0.326 e. The number of amides is 2. The lowest BCUT2D eigenvalue weighted by Crippen LogP contribution is -2.30. The molecule has 1 unspecified atom stereocenters. The van der Waals surface area contributed by atoms with Crippen LogP contribution in [0.4, 0.5) is 11.4 Å². The summed E-state index contributed by atoms with van der Waals surface area (Å²) in [6.45, 7) is 2.05. The van der Waals surface area contributed by atoms with Gasteiger partial charge in [0, 0.05) is 43.5 Å². The summed E-state index contributed by atoms with van der Waals surface area (Å²) in [6.07, 6.45) is 6.20. The Bertz CT molecular complexity index is 753. The minimum atomic E-state index is -0.0446. The molecule has 1 fully saturated rings. The second-order valence-electron chi connectivity index (χ2n) is 6.27. The Kier molecular flexibility index (Phi) is 4.64. The molecule has 2 heterocycles. The first-order valence-corrected chi connectivity index (χ1v) is 8.22. The molecule has 6 heteroatoms. The van der Waals surface area contributed by atoms with E-state index in [1.54, 1.807) is 10.9 Å². The number of rotatable bonds is 5. The summed E-state index contributed by atoms with van der Waals surface area (Å²) in [4.78, 5) is 26.0. The highest BCUT2D eigenvalue weighted by atomic mass is 16.2. The SMILES string of the molecule is CC1CCC(=O)N1c1cccc(NC(=O)CCc2cnn(C)c2)c1. The van der Waals surface area contributed by atoms with E-state index in [2.05, 4.69) is 10.4 Å². The zero-order chi connectivity index (χ0) is 17.1. The monoisotopic (exact) mass is 326 g/mol. The van der Waals surface area contributed by atoms with Gasteiger partial charge in [0.1, 0.15) is 0 Å². The van der Waals surface area contributed by atoms with E-state index in [4.69, 9.17) is 0 Å². The van der Waals surface area contributed by atoms with Gasteiger partial charge in [-0.25, -0.2) is 0 Å². The number of nitrogens with one attached hydrogen (secondary N) is 1. The molecule has 2 amide bonds. The fraction of sp³-hybridized carbons (Fsp3) is 0.389. The number of benzene rings is 1. The van der Waals surface area contributed by atoms with Crippen molar-refractivity contribution in [1.29, 1.82) is 0 Å². The van der Waals surface area contributed by atoms with Crippen LogP contribution in [0.2, 0.25) is 0 Å². The lowest BCUT2D eigenvalue weighted by Gasteiger charge is -2.22. The van der Waals surface area contributed by atoms with E-state index in [0.29, 0.717) is 19.3 Å². The van der Waals surface area contributed by atoms with Gasteiger partial charge in [-0.1, -0.05) is 6.07 Å². The molecular weight excluding hydrogens is 304 g/mol. The van der Waals surface area contributed by atoms with Gasteiger partial charge in [0.25, 0.3) is 0 Å². The highest BCUT2D eigenvalue weighted by Gasteiger charge is 2.28. The maximum atomic E-state index is 12.1. The molecular formula is C18H22N4O2. The van der Waals surface area contributed by atoms with Gasteiger partial charge in [-0.2, -0.15) is 5.10 Å². The van der Waals surface area contributed by atoms with Crippen molar-refractivity contribution in [3.05, 3.63) is 42.2 Å². The molecule has 1 aliphatic rings. The summed E-state index contributed by atoms with van der Waals surface area (Å²) in [6, 6.07) is 7.68. The average Bonchev–Trinajstić information content (AvgIpc) is 3.11. The van der Waals surface area contributed by atoms with Gasteiger partial charge < -0.3 is 10.2 Å². The van der Waals surface area contributed by atoms with E-state index < -0.39 is 0 Å². The largest absolute Gasteiger partial charge is 0.326 e. The number of anilines is 2. The molecule has 1 saturated heterocycles. The normalized spacial score (nSPS) is 17.3. The molecule has 2 aromatic rings. The van der Waals surface area contributed by atoms with Crippen LogP contribution in [-0.4, -0.2) is 27.6 Å². The summed E-state index contributed by atoms with van der Waals surface area (Å²) in [5, 5.41) is 7.00. The lowest BCUT2D eigenvalue weighted by molar-refractivity contribution is -0.117. The molecule has 1 aliphatic heterocycles. The van der Waals surface area contributed by atoms with Gasteiger partial charge in [0.15, 0.2) is 0 Å².